The van der Waals surface area contributed by atoms with Gasteiger partial charge in [0.2, 0.25) is 0 Å². The molecule has 4 rings (SSSR count). The number of hydrogen-bond donors (Lipinski definition) is 2. The molecule has 0 amide bonds. The lowest BCUT2D eigenvalue weighted by molar-refractivity contribution is 0.471. The second kappa shape index (κ2) is 6.84. The van der Waals surface area contributed by atoms with Crippen molar-refractivity contribution in [3.8, 4) is 5.75 Å². The van der Waals surface area contributed by atoms with E-state index >= 15 is 0 Å². The number of phenols is 1. The summed E-state index contributed by atoms with van der Waals surface area (Å²) in [6.45, 7) is 2.06. The number of hydrogen-bond acceptors (Lipinski definition) is 4. The SMILES string of the molecule is Cc1ccc(NC(c2ccccn2)c2ccc3cccnc3c2O)cc1. The number of aromatic hydroxyl groups is 1. The molecule has 0 fully saturated rings. The Balaban J connectivity index is 1.83. The molecule has 0 saturated carbocycles. The van der Waals surface area contributed by atoms with Crippen LogP contribution < -0.4 is 5.32 Å². The molecule has 2 aromatic carbocycles. The maximum Gasteiger partial charge on any atom is 0.147 e. The van der Waals surface area contributed by atoms with Crippen LogP contribution in [-0.4, -0.2) is 15.1 Å². The van der Waals surface area contributed by atoms with Gasteiger partial charge in [0.25, 0.3) is 0 Å². The average molecular weight is 341 g/mol. The lowest BCUT2D eigenvalue weighted by Gasteiger charge is -2.21. The summed E-state index contributed by atoms with van der Waals surface area (Å²) >= 11 is 0. The second-order valence-corrected chi connectivity index (χ2v) is 6.28. The minimum Gasteiger partial charge on any atom is -0.505 e. The van der Waals surface area contributed by atoms with E-state index in [1.54, 1.807) is 12.4 Å². The van der Waals surface area contributed by atoms with Crippen molar-refractivity contribution in [1.29, 1.82) is 0 Å². The summed E-state index contributed by atoms with van der Waals surface area (Å²) in [5.74, 6) is 0.179. The van der Waals surface area contributed by atoms with Crippen molar-refractivity contribution in [2.24, 2.45) is 0 Å². The van der Waals surface area contributed by atoms with Crippen LogP contribution in [0.2, 0.25) is 0 Å². The molecule has 0 spiro atoms. The lowest BCUT2D eigenvalue weighted by Crippen LogP contribution is -2.14. The molecule has 0 aliphatic carbocycles. The summed E-state index contributed by atoms with van der Waals surface area (Å²) in [6, 6.07) is 21.4. The Kier molecular flexibility index (Phi) is 4.23. The third-order valence-corrected chi connectivity index (χ3v) is 4.44. The van der Waals surface area contributed by atoms with E-state index in [-0.39, 0.29) is 11.8 Å². The highest BCUT2D eigenvalue weighted by Crippen LogP contribution is 2.35. The Morgan fingerprint density at radius 1 is 0.846 bits per heavy atom. The van der Waals surface area contributed by atoms with E-state index in [1.807, 2.05) is 54.6 Å². The zero-order valence-electron chi connectivity index (χ0n) is 14.4. The fourth-order valence-electron chi connectivity index (χ4n) is 3.05. The van der Waals surface area contributed by atoms with Gasteiger partial charge < -0.3 is 10.4 Å². The molecule has 2 N–H and O–H groups in total. The monoisotopic (exact) mass is 341 g/mol. The van der Waals surface area contributed by atoms with Crippen LogP contribution in [0.5, 0.6) is 5.75 Å². The second-order valence-electron chi connectivity index (χ2n) is 6.28. The first-order valence-corrected chi connectivity index (χ1v) is 8.53. The van der Waals surface area contributed by atoms with Gasteiger partial charge in [-0.3, -0.25) is 9.97 Å². The van der Waals surface area contributed by atoms with Gasteiger partial charge in [-0.2, -0.15) is 0 Å². The summed E-state index contributed by atoms with van der Waals surface area (Å²) in [5, 5.41) is 15.3. The topological polar surface area (TPSA) is 58.0 Å². The fraction of sp³-hybridized carbons (Fsp3) is 0.0909. The predicted octanol–water partition coefficient (Wildman–Crippen LogP) is 4.85. The van der Waals surface area contributed by atoms with Gasteiger partial charge in [0.15, 0.2) is 0 Å². The summed E-state index contributed by atoms with van der Waals surface area (Å²) in [7, 11) is 0. The first kappa shape index (κ1) is 16.1. The normalized spacial score (nSPS) is 12.0. The number of aromatic nitrogens is 2. The van der Waals surface area contributed by atoms with Crippen molar-refractivity contribution in [2.45, 2.75) is 13.0 Å². The molecule has 4 nitrogen and oxygen atoms in total. The summed E-state index contributed by atoms with van der Waals surface area (Å²) < 4.78 is 0. The highest BCUT2D eigenvalue weighted by Gasteiger charge is 2.20. The Bertz CT molecular complexity index is 1030. The van der Waals surface area contributed by atoms with Crippen molar-refractivity contribution >= 4 is 16.6 Å². The van der Waals surface area contributed by atoms with Gasteiger partial charge in [-0.1, -0.05) is 42.0 Å². The van der Waals surface area contributed by atoms with Crippen LogP contribution in [0.25, 0.3) is 10.9 Å². The van der Waals surface area contributed by atoms with Crippen LogP contribution in [0.3, 0.4) is 0 Å². The third kappa shape index (κ3) is 3.09. The molecule has 0 aliphatic rings. The van der Waals surface area contributed by atoms with Crippen molar-refractivity contribution in [3.05, 3.63) is 95.9 Å². The zero-order valence-corrected chi connectivity index (χ0v) is 14.4. The Hall–Kier alpha value is -3.40. The Morgan fingerprint density at radius 3 is 2.42 bits per heavy atom. The highest BCUT2D eigenvalue weighted by atomic mass is 16.3. The fourth-order valence-corrected chi connectivity index (χ4v) is 3.05. The maximum absolute atomic E-state index is 10.9. The van der Waals surface area contributed by atoms with Gasteiger partial charge in [0.1, 0.15) is 11.3 Å². The third-order valence-electron chi connectivity index (χ3n) is 4.44. The molecule has 2 aromatic heterocycles. The van der Waals surface area contributed by atoms with Gasteiger partial charge in [-0.05, 0) is 37.3 Å². The highest BCUT2D eigenvalue weighted by molar-refractivity contribution is 5.85. The molecule has 2 heterocycles. The molecule has 0 saturated heterocycles. The molecule has 0 aliphatic heterocycles. The predicted molar refractivity (Wildman–Crippen MR) is 104 cm³/mol. The van der Waals surface area contributed by atoms with E-state index in [2.05, 4.69) is 34.3 Å². The van der Waals surface area contributed by atoms with Crippen LogP contribution in [0.15, 0.2) is 79.1 Å². The van der Waals surface area contributed by atoms with E-state index < -0.39 is 0 Å². The van der Waals surface area contributed by atoms with Gasteiger partial charge >= 0.3 is 0 Å². The molecule has 0 radical (unpaired) electrons. The van der Waals surface area contributed by atoms with Crippen LogP contribution >= 0.6 is 0 Å². The standard InChI is InChI=1S/C22H19N3O/c1-15-7-10-17(11-8-15)25-21(19-6-2-3-13-23-19)18-12-9-16-5-4-14-24-20(16)22(18)26/h2-14,21,25-26H,1H3. The van der Waals surface area contributed by atoms with Gasteiger partial charge in [-0.25, -0.2) is 0 Å². The summed E-state index contributed by atoms with van der Waals surface area (Å²) in [6.07, 6.45) is 3.45. The summed E-state index contributed by atoms with van der Waals surface area (Å²) in [5.41, 5.74) is 4.33. The molecule has 26 heavy (non-hydrogen) atoms. The molecule has 4 aromatic rings. The van der Waals surface area contributed by atoms with Crippen molar-refractivity contribution < 1.29 is 5.11 Å². The number of rotatable bonds is 4. The molecule has 0 bridgehead atoms. The number of aryl methyl sites for hydroxylation is 1. The molecule has 1 atom stereocenters. The van der Waals surface area contributed by atoms with Crippen molar-refractivity contribution in [2.75, 3.05) is 5.32 Å². The first-order valence-electron chi connectivity index (χ1n) is 8.53. The number of pyridine rings is 2. The van der Waals surface area contributed by atoms with Crippen molar-refractivity contribution in [3.63, 3.8) is 0 Å². The van der Waals surface area contributed by atoms with E-state index in [1.165, 1.54) is 5.56 Å². The van der Waals surface area contributed by atoms with Gasteiger partial charge in [0, 0.05) is 29.0 Å². The van der Waals surface area contributed by atoms with Crippen LogP contribution in [0, 0.1) is 6.92 Å². The zero-order chi connectivity index (χ0) is 17.9. The maximum atomic E-state index is 10.9. The molecule has 1 unspecified atom stereocenters. The number of nitrogens with one attached hydrogen (secondary N) is 1. The minimum absolute atomic E-state index is 0.179. The van der Waals surface area contributed by atoms with Gasteiger partial charge in [-0.15, -0.1) is 0 Å². The smallest absolute Gasteiger partial charge is 0.147 e. The Labute approximate surface area is 152 Å². The minimum atomic E-state index is -0.287. The van der Waals surface area contributed by atoms with E-state index in [0.29, 0.717) is 5.52 Å². The largest absolute Gasteiger partial charge is 0.505 e. The number of anilines is 1. The lowest BCUT2D eigenvalue weighted by atomic mass is 9.99. The van der Waals surface area contributed by atoms with Gasteiger partial charge in [0.05, 0.1) is 11.7 Å². The van der Waals surface area contributed by atoms with E-state index in [9.17, 15) is 5.11 Å². The molecule has 128 valence electrons. The van der Waals surface area contributed by atoms with Crippen LogP contribution in [-0.2, 0) is 0 Å². The molecular weight excluding hydrogens is 322 g/mol. The van der Waals surface area contributed by atoms with E-state index in [4.69, 9.17) is 0 Å². The average Bonchev–Trinajstić information content (AvgIpc) is 2.69. The first-order chi connectivity index (χ1) is 12.7. The van der Waals surface area contributed by atoms with E-state index in [0.717, 1.165) is 22.3 Å². The van der Waals surface area contributed by atoms with Crippen LogP contribution in [0.4, 0.5) is 5.69 Å². The summed E-state index contributed by atoms with van der Waals surface area (Å²) in [4.78, 5) is 8.83. The van der Waals surface area contributed by atoms with Crippen molar-refractivity contribution in [1.82, 2.24) is 9.97 Å². The quantitative estimate of drug-likeness (QED) is 0.557. The number of benzene rings is 2. The molecular formula is C22H19N3O. The number of nitrogens with zero attached hydrogens (tertiary/aromatic N) is 2. The number of phenolic OH excluding ortho intramolecular Hbond substituents is 1. The Morgan fingerprint density at radius 2 is 1.65 bits per heavy atom. The number of fused-ring (bicyclic) bond motifs is 1. The molecule has 4 heteroatoms. The van der Waals surface area contributed by atoms with Crippen LogP contribution in [0.1, 0.15) is 22.9 Å².